The number of nitrogens with zero attached hydrogens (tertiary/aromatic N) is 2. The first-order chi connectivity index (χ1) is 15.5. The Morgan fingerprint density at radius 2 is 1.81 bits per heavy atom. The minimum Gasteiger partial charge on any atom is -0.284 e. The third-order valence-electron chi connectivity index (χ3n) is 5.14. The molecule has 0 atom stereocenters. The molecule has 4 rings (SSSR count). The Kier molecular flexibility index (Phi) is 7.22. The molecular weight excluding hydrogens is 439 g/mol. The van der Waals surface area contributed by atoms with Gasteiger partial charge in [0.1, 0.15) is 5.82 Å². The number of rotatable bonds is 8. The van der Waals surface area contributed by atoms with Gasteiger partial charge in [0.15, 0.2) is 5.13 Å². The van der Waals surface area contributed by atoms with Gasteiger partial charge in [-0.25, -0.2) is 9.37 Å². The molecule has 164 valence electrons. The first-order valence-electron chi connectivity index (χ1n) is 10.6. The lowest BCUT2D eigenvalue weighted by molar-refractivity contribution is -0.118. The molecule has 0 bridgehead atoms. The van der Waals surface area contributed by atoms with Gasteiger partial charge >= 0.3 is 0 Å². The van der Waals surface area contributed by atoms with Crippen LogP contribution in [0.4, 0.5) is 9.52 Å². The highest BCUT2D eigenvalue weighted by atomic mass is 32.2. The van der Waals surface area contributed by atoms with Gasteiger partial charge in [0.2, 0.25) is 5.91 Å². The van der Waals surface area contributed by atoms with Gasteiger partial charge < -0.3 is 0 Å². The van der Waals surface area contributed by atoms with Gasteiger partial charge in [-0.15, -0.1) is 11.8 Å². The predicted octanol–water partition coefficient (Wildman–Crippen LogP) is 7.16. The lowest BCUT2D eigenvalue weighted by atomic mass is 10.1. The quantitative estimate of drug-likeness (QED) is 0.205. The van der Waals surface area contributed by atoms with E-state index < -0.39 is 0 Å². The van der Waals surface area contributed by atoms with Gasteiger partial charge in [-0.2, -0.15) is 0 Å². The van der Waals surface area contributed by atoms with Gasteiger partial charge in [0.05, 0.1) is 16.8 Å². The number of benzene rings is 3. The van der Waals surface area contributed by atoms with E-state index in [9.17, 15) is 9.18 Å². The summed E-state index contributed by atoms with van der Waals surface area (Å²) in [5, 5.41) is 0.744. The summed E-state index contributed by atoms with van der Waals surface area (Å²) in [6.07, 6.45) is 1.18. The molecule has 0 fully saturated rings. The number of hydrogen-bond donors (Lipinski definition) is 0. The number of hydrogen-bond acceptors (Lipinski definition) is 4. The number of aryl methyl sites for hydroxylation is 2. The molecule has 0 N–H and O–H groups in total. The van der Waals surface area contributed by atoms with Crippen LogP contribution in [0.15, 0.2) is 71.6 Å². The number of halogens is 1. The lowest BCUT2D eigenvalue weighted by Gasteiger charge is -2.20. The van der Waals surface area contributed by atoms with Gasteiger partial charge in [0.25, 0.3) is 0 Å². The first-order valence-corrected chi connectivity index (χ1v) is 12.4. The van der Waals surface area contributed by atoms with Crippen LogP contribution in [-0.4, -0.2) is 16.6 Å². The second-order valence-corrected chi connectivity index (χ2v) is 9.94. The van der Waals surface area contributed by atoms with Crippen molar-refractivity contribution in [2.75, 3.05) is 10.7 Å². The molecule has 0 saturated carbocycles. The van der Waals surface area contributed by atoms with E-state index >= 15 is 0 Å². The van der Waals surface area contributed by atoms with Crippen LogP contribution in [0.5, 0.6) is 0 Å². The van der Waals surface area contributed by atoms with Crippen LogP contribution in [0.25, 0.3) is 10.2 Å². The number of carbonyl (C=O) groups is 1. The van der Waals surface area contributed by atoms with Crippen molar-refractivity contribution in [3.8, 4) is 0 Å². The third kappa shape index (κ3) is 5.56. The summed E-state index contributed by atoms with van der Waals surface area (Å²) in [6, 6.07) is 20.7. The van der Waals surface area contributed by atoms with E-state index in [1.165, 1.54) is 23.3 Å². The van der Waals surface area contributed by atoms with Crippen LogP contribution in [0.1, 0.15) is 29.5 Å². The molecule has 1 amide bonds. The van der Waals surface area contributed by atoms with E-state index in [0.717, 1.165) is 38.0 Å². The average molecular weight is 465 g/mol. The van der Waals surface area contributed by atoms with Crippen molar-refractivity contribution in [1.29, 1.82) is 0 Å². The largest absolute Gasteiger partial charge is 0.284 e. The standard InChI is InChI=1S/C26H25FN2OS2/c1-18-15-19(2)25-23(16-18)28-26(32-25)29(17-20-7-4-3-5-8-20)24(30)9-6-14-31-22-12-10-21(27)11-13-22/h3-5,7-8,10-13,15-16H,6,9,14,17H2,1-2H3. The topological polar surface area (TPSA) is 33.2 Å². The van der Waals surface area contributed by atoms with Crippen molar-refractivity contribution >= 4 is 44.4 Å². The Labute approximate surface area is 196 Å². The van der Waals surface area contributed by atoms with Gasteiger partial charge in [-0.1, -0.05) is 47.7 Å². The van der Waals surface area contributed by atoms with E-state index in [4.69, 9.17) is 4.98 Å². The van der Waals surface area contributed by atoms with E-state index in [-0.39, 0.29) is 11.7 Å². The molecule has 4 aromatic rings. The third-order valence-corrected chi connectivity index (χ3v) is 7.47. The summed E-state index contributed by atoms with van der Waals surface area (Å²) in [4.78, 5) is 20.9. The fourth-order valence-electron chi connectivity index (χ4n) is 3.59. The smallest absolute Gasteiger partial charge is 0.229 e. The highest BCUT2D eigenvalue weighted by Crippen LogP contribution is 2.33. The second kappa shape index (κ2) is 10.3. The predicted molar refractivity (Wildman–Crippen MR) is 133 cm³/mol. The summed E-state index contributed by atoms with van der Waals surface area (Å²) in [5.74, 6) is 0.638. The number of aromatic nitrogens is 1. The monoisotopic (exact) mass is 464 g/mol. The van der Waals surface area contributed by atoms with Crippen molar-refractivity contribution in [1.82, 2.24) is 4.98 Å². The summed E-state index contributed by atoms with van der Waals surface area (Å²) >= 11 is 3.22. The highest BCUT2D eigenvalue weighted by molar-refractivity contribution is 7.99. The van der Waals surface area contributed by atoms with E-state index in [0.29, 0.717) is 13.0 Å². The molecule has 1 heterocycles. The van der Waals surface area contributed by atoms with Crippen molar-refractivity contribution in [3.05, 3.63) is 89.2 Å². The number of thiazole rings is 1. The van der Waals surface area contributed by atoms with E-state index in [2.05, 4.69) is 26.0 Å². The molecule has 0 aliphatic carbocycles. The molecule has 0 aliphatic heterocycles. The number of fused-ring (bicyclic) bond motifs is 1. The molecule has 1 aromatic heterocycles. The summed E-state index contributed by atoms with van der Waals surface area (Å²) < 4.78 is 14.2. The molecule has 32 heavy (non-hydrogen) atoms. The van der Waals surface area contributed by atoms with Gasteiger partial charge in [-0.05, 0) is 73.0 Å². The number of amides is 1. The van der Waals surface area contributed by atoms with Crippen molar-refractivity contribution < 1.29 is 9.18 Å². The fourth-order valence-corrected chi connectivity index (χ4v) is 5.47. The fraction of sp³-hybridized carbons (Fsp3) is 0.231. The van der Waals surface area contributed by atoms with Crippen LogP contribution in [0, 0.1) is 19.7 Å². The summed E-state index contributed by atoms with van der Waals surface area (Å²) in [6.45, 7) is 4.66. The maximum absolute atomic E-state index is 13.3. The Balaban J connectivity index is 1.49. The van der Waals surface area contributed by atoms with E-state index in [1.54, 1.807) is 35.2 Å². The Morgan fingerprint density at radius 3 is 2.56 bits per heavy atom. The van der Waals surface area contributed by atoms with Crippen molar-refractivity contribution in [2.24, 2.45) is 0 Å². The van der Waals surface area contributed by atoms with Crippen molar-refractivity contribution in [3.63, 3.8) is 0 Å². The second-order valence-electron chi connectivity index (χ2n) is 7.80. The zero-order valence-corrected chi connectivity index (χ0v) is 19.8. The minimum atomic E-state index is -0.234. The van der Waals surface area contributed by atoms with Gasteiger partial charge in [-0.3, -0.25) is 9.69 Å². The van der Waals surface area contributed by atoms with Gasteiger partial charge in [0, 0.05) is 11.3 Å². The maximum atomic E-state index is 13.3. The van der Waals surface area contributed by atoms with Crippen LogP contribution >= 0.6 is 23.1 Å². The molecule has 6 heteroatoms. The maximum Gasteiger partial charge on any atom is 0.229 e. The number of anilines is 1. The Morgan fingerprint density at radius 1 is 1.06 bits per heavy atom. The zero-order valence-electron chi connectivity index (χ0n) is 18.2. The van der Waals surface area contributed by atoms with Crippen LogP contribution in [0.2, 0.25) is 0 Å². The summed E-state index contributed by atoms with van der Waals surface area (Å²) in [5.41, 5.74) is 4.38. The molecule has 0 spiro atoms. The molecule has 0 aliphatic rings. The molecule has 0 saturated heterocycles. The normalized spacial score (nSPS) is 11.1. The average Bonchev–Trinajstić information content (AvgIpc) is 3.21. The highest BCUT2D eigenvalue weighted by Gasteiger charge is 2.20. The molecular formula is C26H25FN2OS2. The Hall–Kier alpha value is -2.70. The van der Waals surface area contributed by atoms with Crippen molar-refractivity contribution in [2.45, 2.75) is 38.1 Å². The Bertz CT molecular complexity index is 1210. The molecule has 3 aromatic carbocycles. The first kappa shape index (κ1) is 22.5. The summed E-state index contributed by atoms with van der Waals surface area (Å²) in [7, 11) is 0. The van der Waals surface area contributed by atoms with Crippen LogP contribution in [0.3, 0.4) is 0 Å². The van der Waals surface area contributed by atoms with E-state index in [1.807, 2.05) is 35.2 Å². The molecule has 3 nitrogen and oxygen atoms in total. The van der Waals surface area contributed by atoms with Crippen LogP contribution in [-0.2, 0) is 11.3 Å². The number of carbonyl (C=O) groups excluding carboxylic acids is 1. The zero-order chi connectivity index (χ0) is 22.5. The lowest BCUT2D eigenvalue weighted by Crippen LogP contribution is -2.30. The molecule has 0 unspecified atom stereocenters. The van der Waals surface area contributed by atoms with Crippen LogP contribution < -0.4 is 4.90 Å². The molecule has 0 radical (unpaired) electrons. The SMILES string of the molecule is Cc1cc(C)c2sc(N(Cc3ccccc3)C(=O)CCCSc3ccc(F)cc3)nc2c1. The minimum absolute atomic E-state index is 0.0713. The number of thioether (sulfide) groups is 1.